The van der Waals surface area contributed by atoms with E-state index in [2.05, 4.69) is 21.6 Å². The van der Waals surface area contributed by atoms with E-state index in [9.17, 15) is 9.90 Å². The summed E-state index contributed by atoms with van der Waals surface area (Å²) in [5, 5.41) is 21.4. The van der Waals surface area contributed by atoms with Crippen molar-refractivity contribution >= 4 is 5.91 Å². The maximum absolute atomic E-state index is 12.4. The number of carbonyl (C=O) groups excluding carboxylic acids is 1. The average Bonchev–Trinajstić information content (AvgIpc) is 3.29. The van der Waals surface area contributed by atoms with Gasteiger partial charge in [-0.25, -0.2) is 0 Å². The van der Waals surface area contributed by atoms with Gasteiger partial charge in [0.15, 0.2) is 0 Å². The number of nitrogens with one attached hydrogen (secondary N) is 1. The number of carbonyl (C=O) groups is 1. The molecular formula is C19H24N4O2. The fraction of sp³-hybridized carbons (Fsp3) is 0.526. The van der Waals surface area contributed by atoms with E-state index >= 15 is 0 Å². The summed E-state index contributed by atoms with van der Waals surface area (Å²) in [6, 6.07) is 7.91. The quantitative estimate of drug-likeness (QED) is 0.872. The first-order chi connectivity index (χ1) is 12.1. The molecule has 132 valence electrons. The molecule has 2 aliphatic rings. The second kappa shape index (κ2) is 6.59. The van der Waals surface area contributed by atoms with Gasteiger partial charge in [-0.2, -0.15) is 0 Å². The predicted molar refractivity (Wildman–Crippen MR) is 93.2 cm³/mol. The average molecular weight is 340 g/mol. The van der Waals surface area contributed by atoms with Crippen molar-refractivity contribution in [2.75, 3.05) is 6.54 Å². The Morgan fingerprint density at radius 1 is 1.32 bits per heavy atom. The Kier molecular flexibility index (Phi) is 4.29. The van der Waals surface area contributed by atoms with Gasteiger partial charge in [0.1, 0.15) is 12.2 Å². The van der Waals surface area contributed by atoms with Crippen molar-refractivity contribution in [3.63, 3.8) is 0 Å². The molecule has 0 radical (unpaired) electrons. The normalized spacial score (nSPS) is 25.9. The number of rotatable bonds is 5. The highest BCUT2D eigenvalue weighted by Crippen LogP contribution is 2.40. The number of aryl methyl sites for hydroxylation is 1. The van der Waals surface area contributed by atoms with E-state index < -0.39 is 6.10 Å². The Morgan fingerprint density at radius 3 is 2.88 bits per heavy atom. The Balaban J connectivity index is 1.35. The number of benzene rings is 1. The summed E-state index contributed by atoms with van der Waals surface area (Å²) in [5.41, 5.74) is 1.97. The molecule has 1 aromatic heterocycles. The fourth-order valence-electron chi connectivity index (χ4n) is 3.87. The second-order valence-electron chi connectivity index (χ2n) is 7.41. The second-order valence-corrected chi connectivity index (χ2v) is 7.41. The Hall–Kier alpha value is -2.21. The molecule has 0 bridgehead atoms. The van der Waals surface area contributed by atoms with Gasteiger partial charge in [-0.1, -0.05) is 12.1 Å². The van der Waals surface area contributed by atoms with Crippen molar-refractivity contribution in [2.24, 2.45) is 13.0 Å². The molecule has 4 rings (SSSR count). The Bertz CT molecular complexity index is 768. The van der Waals surface area contributed by atoms with Crippen LogP contribution >= 0.6 is 0 Å². The summed E-state index contributed by atoms with van der Waals surface area (Å²) in [5.74, 6) is 1.73. The molecule has 1 aromatic carbocycles. The largest absolute Gasteiger partial charge is 0.393 e. The van der Waals surface area contributed by atoms with Crippen LogP contribution < -0.4 is 5.32 Å². The van der Waals surface area contributed by atoms with Crippen molar-refractivity contribution in [1.82, 2.24) is 20.1 Å². The predicted octanol–water partition coefficient (Wildman–Crippen LogP) is 1.98. The molecule has 0 aliphatic heterocycles. The lowest BCUT2D eigenvalue weighted by molar-refractivity contribution is 0.0916. The molecule has 2 fully saturated rings. The van der Waals surface area contributed by atoms with Gasteiger partial charge in [0.2, 0.25) is 0 Å². The Labute approximate surface area is 147 Å². The molecule has 6 nitrogen and oxygen atoms in total. The minimum atomic E-state index is -0.417. The first kappa shape index (κ1) is 16.3. The minimum absolute atomic E-state index is 0.0530. The van der Waals surface area contributed by atoms with Gasteiger partial charge in [-0.05, 0) is 49.3 Å². The molecule has 0 spiro atoms. The summed E-state index contributed by atoms with van der Waals surface area (Å²) in [7, 11) is 1.92. The van der Waals surface area contributed by atoms with Crippen LogP contribution in [0.1, 0.15) is 59.3 Å². The summed E-state index contributed by atoms with van der Waals surface area (Å²) in [6.45, 7) is 0.488. The van der Waals surface area contributed by atoms with E-state index in [1.54, 1.807) is 6.33 Å². The number of aliphatic hydroxyl groups is 1. The van der Waals surface area contributed by atoms with E-state index in [1.807, 2.05) is 29.8 Å². The summed E-state index contributed by atoms with van der Waals surface area (Å²) in [6.07, 6.45) is 5.20. The summed E-state index contributed by atoms with van der Waals surface area (Å²) >= 11 is 0. The van der Waals surface area contributed by atoms with Crippen molar-refractivity contribution in [3.05, 3.63) is 47.5 Å². The molecule has 2 aromatic rings. The molecule has 0 unspecified atom stereocenters. The standard InChI is InChI=1S/C19H24N4O2/c1-23-11-21-22-18(23)15-8-16(17(24)9-15)10-20-19(25)14-4-2-3-13(7-14)12-5-6-12/h2-4,7,11-12,15-17,24H,5-6,8-10H2,1H3,(H,20,25)/t15-,16+,17+/m0/s1. The third-order valence-electron chi connectivity index (χ3n) is 5.49. The number of amides is 1. The van der Waals surface area contributed by atoms with Crippen LogP contribution in [0, 0.1) is 5.92 Å². The highest BCUT2D eigenvalue weighted by molar-refractivity contribution is 5.94. The van der Waals surface area contributed by atoms with E-state index in [0.717, 1.165) is 12.2 Å². The van der Waals surface area contributed by atoms with Gasteiger partial charge in [0.05, 0.1) is 6.10 Å². The van der Waals surface area contributed by atoms with Crippen molar-refractivity contribution < 1.29 is 9.90 Å². The zero-order valence-corrected chi connectivity index (χ0v) is 14.4. The molecule has 0 saturated heterocycles. The lowest BCUT2D eigenvalue weighted by Gasteiger charge is -2.15. The summed E-state index contributed by atoms with van der Waals surface area (Å²) < 4.78 is 1.90. The maximum Gasteiger partial charge on any atom is 0.251 e. The molecule has 1 amide bonds. The van der Waals surface area contributed by atoms with Crippen LogP contribution in [0.3, 0.4) is 0 Å². The smallest absolute Gasteiger partial charge is 0.251 e. The van der Waals surface area contributed by atoms with Gasteiger partial charge in [0.25, 0.3) is 5.91 Å². The molecule has 25 heavy (non-hydrogen) atoms. The lowest BCUT2D eigenvalue weighted by atomic mass is 10.0. The first-order valence-corrected chi connectivity index (χ1v) is 9.02. The highest BCUT2D eigenvalue weighted by Gasteiger charge is 2.36. The third-order valence-corrected chi connectivity index (χ3v) is 5.49. The van der Waals surface area contributed by atoms with Crippen LogP contribution in [0.4, 0.5) is 0 Å². The first-order valence-electron chi connectivity index (χ1n) is 9.02. The molecule has 2 aliphatic carbocycles. The number of hydrogen-bond acceptors (Lipinski definition) is 4. The molecule has 3 atom stereocenters. The molecule has 1 heterocycles. The number of nitrogens with zero attached hydrogens (tertiary/aromatic N) is 3. The van der Waals surface area contributed by atoms with E-state index in [4.69, 9.17) is 0 Å². The van der Waals surface area contributed by atoms with Crippen molar-refractivity contribution in [3.8, 4) is 0 Å². The van der Waals surface area contributed by atoms with E-state index in [-0.39, 0.29) is 17.7 Å². The van der Waals surface area contributed by atoms with Crippen molar-refractivity contribution in [2.45, 2.75) is 43.6 Å². The van der Waals surface area contributed by atoms with Crippen LogP contribution in [0.5, 0.6) is 0 Å². The maximum atomic E-state index is 12.4. The molecular weight excluding hydrogens is 316 g/mol. The van der Waals surface area contributed by atoms with Crippen LogP contribution in [-0.2, 0) is 7.05 Å². The lowest BCUT2D eigenvalue weighted by Crippen LogP contribution is -2.32. The minimum Gasteiger partial charge on any atom is -0.393 e. The SMILES string of the molecule is Cn1cnnc1[C@H]1C[C@H](CNC(=O)c2cccc(C3CC3)c2)[C@H](O)C1. The molecule has 2 N–H and O–H groups in total. The van der Waals surface area contributed by atoms with Gasteiger partial charge in [0, 0.05) is 31.0 Å². The van der Waals surface area contributed by atoms with Crippen LogP contribution in [-0.4, -0.2) is 38.4 Å². The zero-order valence-electron chi connectivity index (χ0n) is 14.4. The number of aliphatic hydroxyl groups excluding tert-OH is 1. The number of aromatic nitrogens is 3. The van der Waals surface area contributed by atoms with E-state index in [1.165, 1.54) is 18.4 Å². The Morgan fingerprint density at radius 2 is 2.16 bits per heavy atom. The van der Waals surface area contributed by atoms with Gasteiger partial charge in [-0.15, -0.1) is 10.2 Å². The fourth-order valence-corrected chi connectivity index (χ4v) is 3.87. The topological polar surface area (TPSA) is 80.0 Å². The van der Waals surface area contributed by atoms with Crippen LogP contribution in [0.2, 0.25) is 0 Å². The van der Waals surface area contributed by atoms with Crippen LogP contribution in [0.25, 0.3) is 0 Å². The highest BCUT2D eigenvalue weighted by atomic mass is 16.3. The molecule has 6 heteroatoms. The van der Waals surface area contributed by atoms with Gasteiger partial charge >= 0.3 is 0 Å². The summed E-state index contributed by atoms with van der Waals surface area (Å²) in [4.78, 5) is 12.4. The van der Waals surface area contributed by atoms with E-state index in [0.29, 0.717) is 24.4 Å². The molecule has 2 saturated carbocycles. The zero-order chi connectivity index (χ0) is 17.4. The van der Waals surface area contributed by atoms with Gasteiger partial charge in [-0.3, -0.25) is 4.79 Å². The van der Waals surface area contributed by atoms with Gasteiger partial charge < -0.3 is 15.0 Å². The van der Waals surface area contributed by atoms with Crippen LogP contribution in [0.15, 0.2) is 30.6 Å². The van der Waals surface area contributed by atoms with Crippen molar-refractivity contribution in [1.29, 1.82) is 0 Å². The third kappa shape index (κ3) is 3.44. The monoisotopic (exact) mass is 340 g/mol. The number of hydrogen-bond donors (Lipinski definition) is 2.